The van der Waals surface area contributed by atoms with Crippen LogP contribution in [0.25, 0.3) is 0 Å². The molecule has 0 N–H and O–H groups in total. The SMILES string of the molecule is CC(C)C1CCN(C(C)(C)C)CC1.CC(C)C1CCN(CC(C)(C)C)CC1.CC(C)C1CCN(CC(C)(F)F)CC1. The average molecular weight is 586 g/mol. The quantitative estimate of drug-likeness (QED) is 0.307. The van der Waals surface area contributed by atoms with Gasteiger partial charge in [-0.2, -0.15) is 0 Å². The number of nitrogens with zero attached hydrogens (tertiary/aromatic N) is 3. The van der Waals surface area contributed by atoms with Crippen LogP contribution in [0.1, 0.15) is 129 Å². The van der Waals surface area contributed by atoms with Crippen LogP contribution in [0.2, 0.25) is 0 Å². The molecule has 3 nitrogen and oxygen atoms in total. The van der Waals surface area contributed by atoms with Crippen molar-refractivity contribution in [1.29, 1.82) is 0 Å². The smallest absolute Gasteiger partial charge is 0.257 e. The maximum absolute atomic E-state index is 12.7. The summed E-state index contributed by atoms with van der Waals surface area (Å²) < 4.78 is 25.4. The fourth-order valence-corrected chi connectivity index (χ4v) is 6.86. The third-order valence-corrected chi connectivity index (χ3v) is 9.78. The second-order valence-electron chi connectivity index (χ2n) is 17.1. The molecule has 0 atom stereocenters. The Balaban J connectivity index is 0.000000308. The first-order valence-electron chi connectivity index (χ1n) is 17.3. The van der Waals surface area contributed by atoms with Gasteiger partial charge in [-0.1, -0.05) is 62.3 Å². The van der Waals surface area contributed by atoms with E-state index in [1.165, 1.54) is 58.4 Å². The minimum atomic E-state index is -2.54. The summed E-state index contributed by atoms with van der Waals surface area (Å²) in [5, 5.41) is 0. The van der Waals surface area contributed by atoms with Crippen LogP contribution in [-0.2, 0) is 0 Å². The number of likely N-dealkylation sites (tertiary alicyclic amines) is 3. The van der Waals surface area contributed by atoms with Gasteiger partial charge in [0.2, 0.25) is 0 Å². The molecule has 3 saturated heterocycles. The lowest BCUT2D eigenvalue weighted by Crippen LogP contribution is -2.46. The van der Waals surface area contributed by atoms with Crippen molar-refractivity contribution in [3.63, 3.8) is 0 Å². The van der Waals surface area contributed by atoms with Crippen LogP contribution in [0.5, 0.6) is 0 Å². The number of hydrogen-bond donors (Lipinski definition) is 0. The highest BCUT2D eigenvalue weighted by molar-refractivity contribution is 4.83. The van der Waals surface area contributed by atoms with E-state index >= 15 is 0 Å². The van der Waals surface area contributed by atoms with E-state index in [-0.39, 0.29) is 6.54 Å². The summed E-state index contributed by atoms with van der Waals surface area (Å²) in [7, 11) is 0. The van der Waals surface area contributed by atoms with Crippen LogP contribution in [0.15, 0.2) is 0 Å². The molecule has 0 amide bonds. The number of halogens is 2. The Kier molecular flexibility index (Phi) is 16.3. The maximum atomic E-state index is 12.7. The number of piperidine rings is 3. The van der Waals surface area contributed by atoms with Crippen LogP contribution in [0.4, 0.5) is 8.78 Å². The van der Waals surface area contributed by atoms with E-state index in [0.29, 0.717) is 16.9 Å². The van der Waals surface area contributed by atoms with Crippen molar-refractivity contribution < 1.29 is 8.78 Å². The van der Waals surface area contributed by atoms with Crippen molar-refractivity contribution in [3.8, 4) is 0 Å². The lowest BCUT2D eigenvalue weighted by molar-refractivity contribution is -0.0239. The van der Waals surface area contributed by atoms with Gasteiger partial charge in [0.15, 0.2) is 0 Å². The van der Waals surface area contributed by atoms with E-state index in [4.69, 9.17) is 0 Å². The zero-order valence-electron chi connectivity index (χ0n) is 30.0. The molecule has 0 aromatic heterocycles. The van der Waals surface area contributed by atoms with Crippen molar-refractivity contribution >= 4 is 0 Å². The van der Waals surface area contributed by atoms with Crippen LogP contribution >= 0.6 is 0 Å². The van der Waals surface area contributed by atoms with Gasteiger partial charge >= 0.3 is 0 Å². The topological polar surface area (TPSA) is 9.72 Å². The van der Waals surface area contributed by atoms with Gasteiger partial charge in [-0.3, -0.25) is 9.80 Å². The molecule has 0 aromatic carbocycles. The highest BCUT2D eigenvalue weighted by atomic mass is 19.3. The number of alkyl halides is 2. The van der Waals surface area contributed by atoms with Gasteiger partial charge in [0.05, 0.1) is 6.54 Å². The fraction of sp³-hybridized carbons (Fsp3) is 1.00. The zero-order valence-corrected chi connectivity index (χ0v) is 30.0. The van der Waals surface area contributed by atoms with Crippen LogP contribution in [-0.4, -0.2) is 78.5 Å². The molecular weight excluding hydrogens is 512 g/mol. The van der Waals surface area contributed by atoms with Gasteiger partial charge in [-0.25, -0.2) is 8.78 Å². The molecular formula is C36H73F2N3. The third-order valence-electron chi connectivity index (χ3n) is 9.78. The minimum absolute atomic E-state index is 0.0716. The van der Waals surface area contributed by atoms with Crippen LogP contribution in [0, 0.1) is 40.9 Å². The Bertz CT molecular complexity index is 622. The summed E-state index contributed by atoms with van der Waals surface area (Å²) in [5.41, 5.74) is 0.840. The molecule has 3 rings (SSSR count). The summed E-state index contributed by atoms with van der Waals surface area (Å²) in [6.07, 6.45) is 7.77. The molecule has 0 spiro atoms. The fourth-order valence-electron chi connectivity index (χ4n) is 6.86. The summed E-state index contributed by atoms with van der Waals surface area (Å²) in [4.78, 5) is 7.14. The first kappa shape index (κ1) is 38.8. The summed E-state index contributed by atoms with van der Waals surface area (Å²) in [6.45, 7) is 37.0. The predicted molar refractivity (Wildman–Crippen MR) is 177 cm³/mol. The first-order chi connectivity index (χ1) is 18.7. The first-order valence-corrected chi connectivity index (χ1v) is 17.3. The van der Waals surface area contributed by atoms with Crippen LogP contribution < -0.4 is 0 Å². The largest absolute Gasteiger partial charge is 0.303 e. The Morgan fingerprint density at radius 1 is 0.512 bits per heavy atom. The highest BCUT2D eigenvalue weighted by Crippen LogP contribution is 2.29. The summed E-state index contributed by atoms with van der Waals surface area (Å²) in [5.74, 6) is 2.60. The van der Waals surface area contributed by atoms with Crippen molar-refractivity contribution in [2.45, 2.75) is 140 Å². The monoisotopic (exact) mass is 586 g/mol. The van der Waals surface area contributed by atoms with Gasteiger partial charge < -0.3 is 4.90 Å². The molecule has 0 aliphatic carbocycles. The highest BCUT2D eigenvalue weighted by Gasteiger charge is 2.30. The standard InChI is InChI=1S/C13H27N.C12H25N.C11H21F2N/c1-11(2)12-6-8-14(9-7-12)10-13(3,4)5;1-10(2)11-6-8-13(9-7-11)12(3,4)5;1-9(2)10-4-6-14(7-5-10)8-11(3,12)13/h11-12H,6-10H2,1-5H3;10-11H,6-9H2,1-5H3;9-10H,4-8H2,1-3H3. The van der Waals surface area contributed by atoms with Gasteiger partial charge in [0, 0.05) is 19.0 Å². The van der Waals surface area contributed by atoms with Gasteiger partial charge in [0.25, 0.3) is 5.92 Å². The number of rotatable bonds is 6. The molecule has 3 aliphatic heterocycles. The van der Waals surface area contributed by atoms with E-state index in [2.05, 4.69) is 92.9 Å². The van der Waals surface area contributed by atoms with E-state index < -0.39 is 5.92 Å². The second-order valence-corrected chi connectivity index (χ2v) is 17.1. The molecule has 0 saturated carbocycles. The molecule has 3 aliphatic rings. The molecule has 3 fully saturated rings. The van der Waals surface area contributed by atoms with Crippen molar-refractivity contribution in [2.75, 3.05) is 52.4 Å². The average Bonchev–Trinajstić information content (AvgIpc) is 2.83. The molecule has 0 unspecified atom stereocenters. The second kappa shape index (κ2) is 17.3. The van der Waals surface area contributed by atoms with E-state index in [1.54, 1.807) is 0 Å². The Hall–Kier alpha value is -0.260. The molecule has 0 radical (unpaired) electrons. The molecule has 41 heavy (non-hydrogen) atoms. The lowest BCUT2D eigenvalue weighted by atomic mass is 9.85. The predicted octanol–water partition coefficient (Wildman–Crippen LogP) is 9.56. The summed E-state index contributed by atoms with van der Waals surface area (Å²) >= 11 is 0. The van der Waals surface area contributed by atoms with Gasteiger partial charge in [0.1, 0.15) is 0 Å². The van der Waals surface area contributed by atoms with E-state index in [9.17, 15) is 8.78 Å². The Labute approximate surface area is 256 Å². The van der Waals surface area contributed by atoms with Crippen molar-refractivity contribution in [2.24, 2.45) is 40.9 Å². The van der Waals surface area contributed by atoms with Gasteiger partial charge in [-0.05, 0) is 139 Å². The van der Waals surface area contributed by atoms with Crippen LogP contribution in [0.3, 0.4) is 0 Å². The zero-order chi connectivity index (χ0) is 31.6. The molecule has 0 aromatic rings. The van der Waals surface area contributed by atoms with Crippen molar-refractivity contribution in [3.05, 3.63) is 0 Å². The normalized spacial score (nSPS) is 22.1. The molecule has 246 valence electrons. The lowest BCUT2D eigenvalue weighted by Gasteiger charge is -2.41. The number of hydrogen-bond acceptors (Lipinski definition) is 3. The Morgan fingerprint density at radius 3 is 1.05 bits per heavy atom. The molecule has 0 bridgehead atoms. The summed E-state index contributed by atoms with van der Waals surface area (Å²) in [6, 6.07) is 0. The Morgan fingerprint density at radius 2 is 0.805 bits per heavy atom. The third kappa shape index (κ3) is 17.0. The van der Waals surface area contributed by atoms with E-state index in [1.807, 2.05) is 4.90 Å². The molecule has 5 heteroatoms. The minimum Gasteiger partial charge on any atom is -0.303 e. The maximum Gasteiger partial charge on any atom is 0.257 e. The molecule has 3 heterocycles. The van der Waals surface area contributed by atoms with Gasteiger partial charge in [-0.15, -0.1) is 0 Å². The van der Waals surface area contributed by atoms with E-state index in [0.717, 1.165) is 62.4 Å². The van der Waals surface area contributed by atoms with Crippen molar-refractivity contribution in [1.82, 2.24) is 14.7 Å².